The number of aliphatic imine (C=N–C) groups is 1. The molecule has 0 unspecified atom stereocenters. The van der Waals surface area contributed by atoms with Gasteiger partial charge in [-0.15, -0.1) is 0 Å². The number of nitrogens with zero attached hydrogens (tertiary/aromatic N) is 1. The summed E-state index contributed by atoms with van der Waals surface area (Å²) in [6.07, 6.45) is 8.54. The second-order valence-electron chi connectivity index (χ2n) is 4.96. The van der Waals surface area contributed by atoms with Gasteiger partial charge in [0.1, 0.15) is 0 Å². The molecular formula is C13H23N. The van der Waals surface area contributed by atoms with E-state index >= 15 is 0 Å². The Morgan fingerprint density at radius 3 is 2.50 bits per heavy atom. The van der Waals surface area contributed by atoms with Gasteiger partial charge in [-0.2, -0.15) is 0 Å². The van der Waals surface area contributed by atoms with Gasteiger partial charge < -0.3 is 4.99 Å². The number of hydrogen-bond donors (Lipinski definition) is 0. The summed E-state index contributed by atoms with van der Waals surface area (Å²) in [5.74, 6) is 0.867. The lowest BCUT2D eigenvalue weighted by molar-refractivity contribution is 0.214. The summed E-state index contributed by atoms with van der Waals surface area (Å²) in [5, 5.41) is 0. The first kappa shape index (κ1) is 11.5. The van der Waals surface area contributed by atoms with E-state index in [2.05, 4.69) is 31.6 Å². The van der Waals surface area contributed by atoms with Gasteiger partial charge in [0.25, 0.3) is 0 Å². The Morgan fingerprint density at radius 2 is 2.07 bits per heavy atom. The fourth-order valence-electron chi connectivity index (χ4n) is 2.23. The van der Waals surface area contributed by atoms with Gasteiger partial charge in [0.15, 0.2) is 0 Å². The molecule has 1 aliphatic rings. The zero-order chi connectivity index (χ0) is 10.6. The molecule has 0 aromatic carbocycles. The van der Waals surface area contributed by atoms with Crippen LogP contribution < -0.4 is 0 Å². The molecule has 80 valence electrons. The molecular weight excluding hydrogens is 170 g/mol. The topological polar surface area (TPSA) is 12.4 Å². The van der Waals surface area contributed by atoms with Gasteiger partial charge in [-0.25, -0.2) is 0 Å². The lowest BCUT2D eigenvalue weighted by Gasteiger charge is -2.37. The molecule has 14 heavy (non-hydrogen) atoms. The van der Waals surface area contributed by atoms with Gasteiger partial charge in [-0.1, -0.05) is 19.1 Å². The molecule has 0 atom stereocenters. The standard InChI is InChI=1S/C13H23N/c1-11(2)13(3)8-5-12(6-9-13)7-10-14-4/h10,12H,1,5-9H2,2-4H3/b14-10-. The molecule has 0 N–H and O–H groups in total. The summed E-state index contributed by atoms with van der Waals surface area (Å²) in [6.45, 7) is 8.65. The minimum Gasteiger partial charge on any atom is -0.301 e. The maximum absolute atomic E-state index is 4.11. The van der Waals surface area contributed by atoms with Gasteiger partial charge in [-0.3, -0.25) is 0 Å². The maximum atomic E-state index is 4.11. The fraction of sp³-hybridized carbons (Fsp3) is 0.769. The molecule has 0 spiro atoms. The van der Waals surface area contributed by atoms with Crippen LogP contribution in [0.1, 0.15) is 46.0 Å². The van der Waals surface area contributed by atoms with E-state index in [0.29, 0.717) is 5.41 Å². The summed E-state index contributed by atoms with van der Waals surface area (Å²) in [5.41, 5.74) is 1.78. The minimum absolute atomic E-state index is 0.417. The SMILES string of the molecule is C=C(C)C1(C)CCC(C/C=N\C)CC1. The van der Waals surface area contributed by atoms with Crippen LogP contribution in [0.3, 0.4) is 0 Å². The van der Waals surface area contributed by atoms with Crippen molar-refractivity contribution in [3.8, 4) is 0 Å². The van der Waals surface area contributed by atoms with Crippen LogP contribution in [0.5, 0.6) is 0 Å². The van der Waals surface area contributed by atoms with Crippen molar-refractivity contribution in [2.75, 3.05) is 7.05 Å². The number of hydrogen-bond acceptors (Lipinski definition) is 1. The third-order valence-electron chi connectivity index (χ3n) is 3.86. The molecule has 0 heterocycles. The van der Waals surface area contributed by atoms with E-state index in [1.54, 1.807) is 0 Å². The highest BCUT2D eigenvalue weighted by Gasteiger charge is 2.30. The van der Waals surface area contributed by atoms with Crippen LogP contribution in [0, 0.1) is 11.3 Å². The Morgan fingerprint density at radius 1 is 1.50 bits per heavy atom. The first-order valence-corrected chi connectivity index (χ1v) is 5.65. The van der Waals surface area contributed by atoms with Gasteiger partial charge in [0, 0.05) is 7.05 Å². The van der Waals surface area contributed by atoms with Crippen LogP contribution in [-0.4, -0.2) is 13.3 Å². The number of rotatable bonds is 3. The normalized spacial score (nSPS) is 33.5. The highest BCUT2D eigenvalue weighted by Crippen LogP contribution is 2.43. The molecule has 0 aromatic rings. The van der Waals surface area contributed by atoms with Crippen molar-refractivity contribution in [2.45, 2.75) is 46.0 Å². The largest absolute Gasteiger partial charge is 0.301 e. The van der Waals surface area contributed by atoms with E-state index in [0.717, 1.165) is 5.92 Å². The monoisotopic (exact) mass is 193 g/mol. The summed E-state index contributed by atoms with van der Waals surface area (Å²) in [4.78, 5) is 4.06. The predicted molar refractivity (Wildman–Crippen MR) is 63.9 cm³/mol. The Balaban J connectivity index is 2.41. The van der Waals surface area contributed by atoms with Gasteiger partial charge in [-0.05, 0) is 56.6 Å². The van der Waals surface area contributed by atoms with Crippen molar-refractivity contribution >= 4 is 6.21 Å². The van der Waals surface area contributed by atoms with Gasteiger partial charge in [0.05, 0.1) is 0 Å². The average molecular weight is 193 g/mol. The zero-order valence-electron chi connectivity index (χ0n) is 9.84. The van der Waals surface area contributed by atoms with Crippen molar-refractivity contribution < 1.29 is 0 Å². The molecule has 1 saturated carbocycles. The number of allylic oxidation sites excluding steroid dienone is 1. The third kappa shape index (κ3) is 2.70. The predicted octanol–water partition coefficient (Wildman–Crippen LogP) is 3.85. The molecule has 1 nitrogen and oxygen atoms in total. The quantitative estimate of drug-likeness (QED) is 0.477. The van der Waals surface area contributed by atoms with Crippen LogP contribution in [0.15, 0.2) is 17.1 Å². The zero-order valence-corrected chi connectivity index (χ0v) is 9.84. The Labute approximate surface area is 88.3 Å². The van der Waals surface area contributed by atoms with E-state index in [9.17, 15) is 0 Å². The highest BCUT2D eigenvalue weighted by molar-refractivity contribution is 5.57. The lowest BCUT2D eigenvalue weighted by atomic mass is 9.68. The average Bonchev–Trinajstić information content (AvgIpc) is 2.17. The van der Waals surface area contributed by atoms with E-state index in [1.807, 2.05) is 7.05 Å². The minimum atomic E-state index is 0.417. The van der Waals surface area contributed by atoms with Crippen LogP contribution in [-0.2, 0) is 0 Å². The Bertz CT molecular complexity index is 219. The first-order chi connectivity index (χ1) is 6.58. The van der Waals surface area contributed by atoms with Gasteiger partial charge >= 0.3 is 0 Å². The van der Waals surface area contributed by atoms with E-state index in [1.165, 1.54) is 37.7 Å². The Hall–Kier alpha value is -0.590. The van der Waals surface area contributed by atoms with Crippen molar-refractivity contribution in [3.63, 3.8) is 0 Å². The second kappa shape index (κ2) is 4.77. The Kier molecular flexibility index (Phi) is 3.91. The maximum Gasteiger partial charge on any atom is 0.0273 e. The fourth-order valence-corrected chi connectivity index (χ4v) is 2.23. The molecule has 0 aliphatic heterocycles. The van der Waals surface area contributed by atoms with Crippen LogP contribution >= 0.6 is 0 Å². The van der Waals surface area contributed by atoms with E-state index < -0.39 is 0 Å². The third-order valence-corrected chi connectivity index (χ3v) is 3.86. The molecule has 1 rings (SSSR count). The smallest absolute Gasteiger partial charge is 0.0273 e. The summed E-state index contributed by atoms with van der Waals surface area (Å²) in [7, 11) is 1.86. The van der Waals surface area contributed by atoms with Gasteiger partial charge in [0.2, 0.25) is 0 Å². The molecule has 0 saturated heterocycles. The lowest BCUT2D eigenvalue weighted by Crippen LogP contribution is -2.25. The molecule has 1 heteroatoms. The van der Waals surface area contributed by atoms with Crippen LogP contribution in [0.2, 0.25) is 0 Å². The van der Waals surface area contributed by atoms with E-state index in [4.69, 9.17) is 0 Å². The molecule has 0 radical (unpaired) electrons. The first-order valence-electron chi connectivity index (χ1n) is 5.65. The second-order valence-corrected chi connectivity index (χ2v) is 4.96. The highest BCUT2D eigenvalue weighted by atomic mass is 14.6. The van der Waals surface area contributed by atoms with Crippen molar-refractivity contribution in [1.82, 2.24) is 0 Å². The summed E-state index contributed by atoms with van der Waals surface area (Å²) in [6, 6.07) is 0. The van der Waals surface area contributed by atoms with Crippen molar-refractivity contribution in [2.24, 2.45) is 16.3 Å². The molecule has 0 bridgehead atoms. The van der Waals surface area contributed by atoms with Crippen molar-refractivity contribution in [1.29, 1.82) is 0 Å². The molecule has 0 amide bonds. The molecule has 0 aromatic heterocycles. The molecule has 1 fully saturated rings. The molecule has 1 aliphatic carbocycles. The summed E-state index contributed by atoms with van der Waals surface area (Å²) >= 11 is 0. The van der Waals surface area contributed by atoms with Crippen LogP contribution in [0.25, 0.3) is 0 Å². The summed E-state index contributed by atoms with van der Waals surface area (Å²) < 4.78 is 0. The van der Waals surface area contributed by atoms with Crippen LogP contribution in [0.4, 0.5) is 0 Å². The van der Waals surface area contributed by atoms with E-state index in [-0.39, 0.29) is 0 Å². The van der Waals surface area contributed by atoms with Crippen molar-refractivity contribution in [3.05, 3.63) is 12.2 Å².